The second kappa shape index (κ2) is 4.89. The molecule has 0 saturated heterocycles. The van der Waals surface area contributed by atoms with Crippen LogP contribution in [0.3, 0.4) is 0 Å². The normalized spacial score (nSPS) is 17.3. The van der Waals surface area contributed by atoms with E-state index in [9.17, 15) is 5.11 Å². The summed E-state index contributed by atoms with van der Waals surface area (Å²) in [5.74, 6) is 0.425. The fourth-order valence-corrected chi connectivity index (χ4v) is 2.97. The molecule has 0 fully saturated rings. The van der Waals surface area contributed by atoms with E-state index in [2.05, 4.69) is 52.4 Å². The van der Waals surface area contributed by atoms with Crippen molar-refractivity contribution in [2.45, 2.75) is 25.8 Å². The molecule has 19 heavy (non-hydrogen) atoms. The molecule has 0 aromatic heterocycles. The highest BCUT2D eigenvalue weighted by molar-refractivity contribution is 9.10. The Morgan fingerprint density at radius 1 is 1.26 bits per heavy atom. The summed E-state index contributed by atoms with van der Waals surface area (Å²) < 4.78 is 1.13. The zero-order chi connectivity index (χ0) is 13.4. The van der Waals surface area contributed by atoms with Crippen molar-refractivity contribution in [1.82, 2.24) is 0 Å². The number of aromatic hydroxyl groups is 1. The summed E-state index contributed by atoms with van der Waals surface area (Å²) in [5.41, 5.74) is 4.66. The number of rotatable bonds is 2. The van der Waals surface area contributed by atoms with Gasteiger partial charge in [-0.15, -0.1) is 0 Å². The van der Waals surface area contributed by atoms with Gasteiger partial charge >= 0.3 is 0 Å². The second-order valence-electron chi connectivity index (χ2n) is 5.04. The van der Waals surface area contributed by atoms with Crippen molar-refractivity contribution < 1.29 is 5.11 Å². The third-order valence-electron chi connectivity index (χ3n) is 3.74. The van der Waals surface area contributed by atoms with Crippen LogP contribution in [-0.4, -0.2) is 5.11 Å². The Hall–Kier alpha value is -1.48. The Labute approximate surface area is 121 Å². The third-order valence-corrected chi connectivity index (χ3v) is 4.63. The number of halogens is 1. The largest absolute Gasteiger partial charge is 0.508 e. The van der Waals surface area contributed by atoms with E-state index in [1.54, 1.807) is 6.07 Å². The number of aryl methyl sites for hydroxylation is 1. The third kappa shape index (κ3) is 2.35. The van der Waals surface area contributed by atoms with Gasteiger partial charge in [0, 0.05) is 10.2 Å². The topological polar surface area (TPSA) is 32.3 Å². The highest BCUT2D eigenvalue weighted by Gasteiger charge is 2.24. The van der Waals surface area contributed by atoms with Gasteiger partial charge in [0.25, 0.3) is 0 Å². The van der Waals surface area contributed by atoms with Gasteiger partial charge in [0.1, 0.15) is 5.75 Å². The molecule has 3 rings (SSSR count). The second-order valence-corrected chi connectivity index (χ2v) is 5.90. The molecule has 0 aliphatic heterocycles. The average molecular weight is 318 g/mol. The predicted molar refractivity (Wildman–Crippen MR) is 81.7 cm³/mol. The van der Waals surface area contributed by atoms with Crippen LogP contribution >= 0.6 is 15.9 Å². The lowest BCUT2D eigenvalue weighted by molar-refractivity contribution is 0.469. The standard InChI is InChI=1S/C16H16BrNO/c1-10-9-11(5-7-14(10)17)18-15-8-6-13-12(15)3-2-4-16(13)19/h2-5,7,9,15,18-19H,6,8H2,1H3. The minimum absolute atomic E-state index is 0.294. The molecule has 3 heteroatoms. The Balaban J connectivity index is 1.86. The minimum Gasteiger partial charge on any atom is -0.508 e. The molecule has 2 aromatic carbocycles. The van der Waals surface area contributed by atoms with Crippen LogP contribution in [0.15, 0.2) is 40.9 Å². The molecular formula is C16H16BrNO. The first-order chi connectivity index (χ1) is 9.15. The molecule has 0 spiro atoms. The van der Waals surface area contributed by atoms with Gasteiger partial charge in [-0.2, -0.15) is 0 Å². The summed E-state index contributed by atoms with van der Waals surface area (Å²) >= 11 is 3.52. The summed E-state index contributed by atoms with van der Waals surface area (Å²) in [4.78, 5) is 0. The molecule has 1 aliphatic carbocycles. The van der Waals surface area contributed by atoms with Gasteiger partial charge in [0.05, 0.1) is 6.04 Å². The fraction of sp³-hybridized carbons (Fsp3) is 0.250. The minimum atomic E-state index is 0.294. The quantitative estimate of drug-likeness (QED) is 0.850. The van der Waals surface area contributed by atoms with E-state index in [1.165, 1.54) is 11.1 Å². The zero-order valence-corrected chi connectivity index (χ0v) is 12.4. The van der Waals surface area contributed by atoms with Crippen molar-refractivity contribution in [3.8, 4) is 5.75 Å². The highest BCUT2D eigenvalue weighted by atomic mass is 79.9. The molecule has 0 amide bonds. The first-order valence-electron chi connectivity index (χ1n) is 6.48. The number of hydrogen-bond acceptors (Lipinski definition) is 2. The monoisotopic (exact) mass is 317 g/mol. The van der Waals surface area contributed by atoms with Gasteiger partial charge < -0.3 is 10.4 Å². The maximum Gasteiger partial charge on any atom is 0.119 e. The predicted octanol–water partition coefficient (Wildman–Crippen LogP) is 4.56. The van der Waals surface area contributed by atoms with Crippen LogP contribution in [0.5, 0.6) is 5.75 Å². The van der Waals surface area contributed by atoms with E-state index < -0.39 is 0 Å². The van der Waals surface area contributed by atoms with Gasteiger partial charge in [-0.3, -0.25) is 0 Å². The molecule has 1 unspecified atom stereocenters. The Morgan fingerprint density at radius 2 is 2.11 bits per heavy atom. The first-order valence-corrected chi connectivity index (χ1v) is 7.28. The Morgan fingerprint density at radius 3 is 2.89 bits per heavy atom. The van der Waals surface area contributed by atoms with Crippen molar-refractivity contribution in [2.24, 2.45) is 0 Å². The molecule has 0 heterocycles. The molecule has 98 valence electrons. The molecule has 1 aliphatic rings. The number of nitrogens with one attached hydrogen (secondary N) is 1. The number of fused-ring (bicyclic) bond motifs is 1. The van der Waals surface area contributed by atoms with Crippen LogP contribution < -0.4 is 5.32 Å². The van der Waals surface area contributed by atoms with Crippen molar-refractivity contribution >= 4 is 21.6 Å². The molecule has 0 saturated carbocycles. The molecule has 1 atom stereocenters. The van der Waals surface area contributed by atoms with Crippen molar-refractivity contribution in [3.63, 3.8) is 0 Å². The van der Waals surface area contributed by atoms with Crippen molar-refractivity contribution in [2.75, 3.05) is 5.32 Å². The van der Waals surface area contributed by atoms with Crippen LogP contribution in [0.1, 0.15) is 29.2 Å². The van der Waals surface area contributed by atoms with Gasteiger partial charge in [-0.25, -0.2) is 0 Å². The van der Waals surface area contributed by atoms with Crippen LogP contribution in [0.2, 0.25) is 0 Å². The SMILES string of the molecule is Cc1cc(NC2CCc3c(O)cccc32)ccc1Br. The van der Waals surface area contributed by atoms with E-state index in [-0.39, 0.29) is 0 Å². The molecule has 2 nitrogen and oxygen atoms in total. The van der Waals surface area contributed by atoms with E-state index in [0.29, 0.717) is 11.8 Å². The highest BCUT2D eigenvalue weighted by Crippen LogP contribution is 2.38. The maximum absolute atomic E-state index is 9.86. The van der Waals surface area contributed by atoms with Gasteiger partial charge in [0.2, 0.25) is 0 Å². The van der Waals surface area contributed by atoms with Crippen molar-refractivity contribution in [1.29, 1.82) is 0 Å². The number of hydrogen-bond donors (Lipinski definition) is 2. The lowest BCUT2D eigenvalue weighted by Gasteiger charge is -2.16. The van der Waals surface area contributed by atoms with Crippen molar-refractivity contribution in [3.05, 3.63) is 57.6 Å². The fourth-order valence-electron chi connectivity index (χ4n) is 2.72. The molecule has 0 radical (unpaired) electrons. The number of phenolic OH excluding ortho intramolecular Hbond substituents is 1. The van der Waals surface area contributed by atoms with Crippen LogP contribution in [-0.2, 0) is 6.42 Å². The van der Waals surface area contributed by atoms with E-state index in [0.717, 1.165) is 28.6 Å². The first kappa shape index (κ1) is 12.5. The van der Waals surface area contributed by atoms with Gasteiger partial charge in [-0.05, 0) is 60.7 Å². The van der Waals surface area contributed by atoms with E-state index in [4.69, 9.17) is 0 Å². The van der Waals surface area contributed by atoms with E-state index >= 15 is 0 Å². The summed E-state index contributed by atoms with van der Waals surface area (Å²) in [7, 11) is 0. The summed E-state index contributed by atoms with van der Waals surface area (Å²) in [6, 6.07) is 12.4. The maximum atomic E-state index is 9.86. The molecular weight excluding hydrogens is 302 g/mol. The molecule has 0 bridgehead atoms. The Kier molecular flexibility index (Phi) is 3.23. The van der Waals surface area contributed by atoms with Crippen LogP contribution in [0.4, 0.5) is 5.69 Å². The van der Waals surface area contributed by atoms with Crippen LogP contribution in [0, 0.1) is 6.92 Å². The number of benzene rings is 2. The number of phenols is 1. The van der Waals surface area contributed by atoms with Crippen LogP contribution in [0.25, 0.3) is 0 Å². The summed E-state index contributed by atoms with van der Waals surface area (Å²) in [6.45, 7) is 2.09. The van der Waals surface area contributed by atoms with Gasteiger partial charge in [-0.1, -0.05) is 28.1 Å². The van der Waals surface area contributed by atoms with E-state index in [1.807, 2.05) is 6.07 Å². The van der Waals surface area contributed by atoms with Gasteiger partial charge in [0.15, 0.2) is 0 Å². The zero-order valence-electron chi connectivity index (χ0n) is 10.8. The Bertz CT molecular complexity index is 624. The molecule has 2 aromatic rings. The lowest BCUT2D eigenvalue weighted by Crippen LogP contribution is -2.07. The number of anilines is 1. The smallest absolute Gasteiger partial charge is 0.119 e. The molecule has 2 N–H and O–H groups in total. The average Bonchev–Trinajstić information content (AvgIpc) is 2.79. The summed E-state index contributed by atoms with van der Waals surface area (Å²) in [5, 5.41) is 13.4. The summed E-state index contributed by atoms with van der Waals surface area (Å²) in [6.07, 6.45) is 1.97. The lowest BCUT2D eigenvalue weighted by atomic mass is 10.1.